The minimum Gasteiger partial charge on any atom is -0.481 e. The third-order valence-corrected chi connectivity index (χ3v) is 4.01. The van der Waals surface area contributed by atoms with Gasteiger partial charge in [-0.2, -0.15) is 0 Å². The van der Waals surface area contributed by atoms with E-state index in [0.717, 1.165) is 37.2 Å². The van der Waals surface area contributed by atoms with Crippen LogP contribution in [0, 0.1) is 19.3 Å². The average molecular weight is 277 g/mol. The van der Waals surface area contributed by atoms with Crippen LogP contribution in [0.1, 0.15) is 44.0 Å². The van der Waals surface area contributed by atoms with E-state index in [2.05, 4.69) is 9.97 Å². The van der Waals surface area contributed by atoms with Crippen molar-refractivity contribution in [3.63, 3.8) is 0 Å². The average Bonchev–Trinajstić information content (AvgIpc) is 2.38. The van der Waals surface area contributed by atoms with Crippen molar-refractivity contribution in [3.05, 3.63) is 17.5 Å². The Labute approximate surface area is 120 Å². The lowest BCUT2D eigenvalue weighted by atomic mass is 9.76. The van der Waals surface area contributed by atoms with Crippen LogP contribution in [0.5, 0.6) is 0 Å². The molecule has 1 aliphatic heterocycles. The maximum atomic E-state index is 11.7. The smallest absolute Gasteiger partial charge is 0.311 e. The number of piperidine rings is 1. The highest BCUT2D eigenvalue weighted by Gasteiger charge is 2.42. The summed E-state index contributed by atoms with van der Waals surface area (Å²) in [5.74, 6) is -0.0163. The third-order valence-electron chi connectivity index (χ3n) is 4.01. The fourth-order valence-corrected chi connectivity index (χ4v) is 3.12. The molecule has 0 saturated carbocycles. The number of carbonyl (C=O) groups is 1. The van der Waals surface area contributed by atoms with Gasteiger partial charge in [0.25, 0.3) is 0 Å². The molecule has 1 N–H and O–H groups in total. The van der Waals surface area contributed by atoms with Gasteiger partial charge in [0, 0.05) is 24.5 Å². The Hall–Kier alpha value is -1.65. The van der Waals surface area contributed by atoms with Crippen molar-refractivity contribution >= 4 is 11.9 Å². The molecule has 110 valence electrons. The molecule has 1 saturated heterocycles. The lowest BCUT2D eigenvalue weighted by molar-refractivity contribution is -0.150. The molecule has 0 aliphatic carbocycles. The van der Waals surface area contributed by atoms with E-state index >= 15 is 0 Å². The second-order valence-corrected chi connectivity index (χ2v) is 5.81. The van der Waals surface area contributed by atoms with E-state index in [4.69, 9.17) is 0 Å². The van der Waals surface area contributed by atoms with E-state index in [0.29, 0.717) is 18.9 Å². The third kappa shape index (κ3) is 2.92. The van der Waals surface area contributed by atoms with Crippen LogP contribution in [0.3, 0.4) is 0 Å². The highest BCUT2D eigenvalue weighted by molar-refractivity contribution is 5.75. The second kappa shape index (κ2) is 5.77. The summed E-state index contributed by atoms with van der Waals surface area (Å²) in [5, 5.41) is 9.63. The Morgan fingerprint density at radius 1 is 1.40 bits per heavy atom. The van der Waals surface area contributed by atoms with E-state index in [-0.39, 0.29) is 0 Å². The first-order chi connectivity index (χ1) is 9.47. The Bertz CT molecular complexity index is 480. The number of aliphatic carboxylic acids is 1. The fourth-order valence-electron chi connectivity index (χ4n) is 3.12. The zero-order valence-electron chi connectivity index (χ0n) is 12.5. The summed E-state index contributed by atoms with van der Waals surface area (Å²) < 4.78 is 0. The molecule has 2 heterocycles. The number of aromatic nitrogens is 2. The molecule has 1 aromatic rings. The van der Waals surface area contributed by atoms with Crippen LogP contribution in [0.15, 0.2) is 6.07 Å². The molecule has 0 radical (unpaired) electrons. The van der Waals surface area contributed by atoms with Gasteiger partial charge < -0.3 is 10.0 Å². The molecule has 0 bridgehead atoms. The molecule has 1 unspecified atom stereocenters. The normalized spacial score (nSPS) is 22.9. The van der Waals surface area contributed by atoms with Crippen molar-refractivity contribution in [1.29, 1.82) is 0 Å². The monoisotopic (exact) mass is 277 g/mol. The van der Waals surface area contributed by atoms with Crippen LogP contribution in [0.2, 0.25) is 0 Å². The largest absolute Gasteiger partial charge is 0.481 e. The van der Waals surface area contributed by atoms with E-state index < -0.39 is 11.4 Å². The van der Waals surface area contributed by atoms with Gasteiger partial charge in [0.05, 0.1) is 5.41 Å². The second-order valence-electron chi connectivity index (χ2n) is 5.81. The van der Waals surface area contributed by atoms with Gasteiger partial charge >= 0.3 is 5.97 Å². The van der Waals surface area contributed by atoms with Gasteiger partial charge in [-0.3, -0.25) is 4.79 Å². The molecule has 0 aromatic carbocycles. The molecule has 1 fully saturated rings. The molecule has 1 aromatic heterocycles. The lowest BCUT2D eigenvalue weighted by Gasteiger charge is -2.40. The minimum absolute atomic E-state index is 0.513. The Kier molecular flexibility index (Phi) is 4.26. The fraction of sp³-hybridized carbons (Fsp3) is 0.667. The quantitative estimate of drug-likeness (QED) is 0.916. The lowest BCUT2D eigenvalue weighted by Crippen LogP contribution is -2.48. The van der Waals surface area contributed by atoms with Crippen molar-refractivity contribution in [2.45, 2.75) is 46.5 Å². The first kappa shape index (κ1) is 14.8. The van der Waals surface area contributed by atoms with Gasteiger partial charge in [0.2, 0.25) is 5.95 Å². The van der Waals surface area contributed by atoms with Crippen molar-refractivity contribution in [2.75, 3.05) is 18.0 Å². The summed E-state index contributed by atoms with van der Waals surface area (Å²) >= 11 is 0. The van der Waals surface area contributed by atoms with Gasteiger partial charge in [-0.1, -0.05) is 13.3 Å². The first-order valence-electron chi connectivity index (χ1n) is 7.27. The maximum absolute atomic E-state index is 11.7. The predicted molar refractivity (Wildman–Crippen MR) is 77.9 cm³/mol. The number of hydrogen-bond donors (Lipinski definition) is 1. The van der Waals surface area contributed by atoms with E-state index in [1.165, 1.54) is 0 Å². The molecule has 0 spiro atoms. The maximum Gasteiger partial charge on any atom is 0.311 e. The van der Waals surface area contributed by atoms with Crippen LogP contribution in [-0.4, -0.2) is 34.1 Å². The summed E-state index contributed by atoms with van der Waals surface area (Å²) in [6.45, 7) is 7.27. The topological polar surface area (TPSA) is 66.3 Å². The molecule has 5 heteroatoms. The predicted octanol–water partition coefficient (Wildman–Crippen LogP) is 2.56. The number of carboxylic acid groups (broad SMARTS) is 1. The number of hydrogen-bond acceptors (Lipinski definition) is 4. The minimum atomic E-state index is -0.687. The van der Waals surface area contributed by atoms with Crippen LogP contribution >= 0.6 is 0 Å². The standard InChI is InChI=1S/C15H23N3O2/c1-4-6-15(13(19)20)7-5-8-18(10-15)14-16-11(2)9-12(3)17-14/h9H,4-8,10H2,1-3H3,(H,19,20). The van der Waals surface area contributed by atoms with Gasteiger partial charge in [-0.15, -0.1) is 0 Å². The molecular formula is C15H23N3O2. The highest BCUT2D eigenvalue weighted by Crippen LogP contribution is 2.36. The Morgan fingerprint density at radius 3 is 2.60 bits per heavy atom. The van der Waals surface area contributed by atoms with Crippen LogP contribution in [-0.2, 0) is 4.79 Å². The summed E-state index contributed by atoms with van der Waals surface area (Å²) in [4.78, 5) is 22.7. The summed E-state index contributed by atoms with van der Waals surface area (Å²) in [5.41, 5.74) is 1.21. The van der Waals surface area contributed by atoms with Gasteiger partial charge in [0.1, 0.15) is 0 Å². The number of aryl methyl sites for hydroxylation is 2. The molecule has 0 amide bonds. The number of rotatable bonds is 4. The van der Waals surface area contributed by atoms with E-state index in [9.17, 15) is 9.90 Å². The van der Waals surface area contributed by atoms with Crippen molar-refractivity contribution in [2.24, 2.45) is 5.41 Å². The summed E-state index contributed by atoms with van der Waals surface area (Å²) in [7, 11) is 0. The number of carboxylic acids is 1. The Morgan fingerprint density at radius 2 is 2.05 bits per heavy atom. The zero-order chi connectivity index (χ0) is 14.8. The van der Waals surface area contributed by atoms with E-state index in [1.807, 2.05) is 31.7 Å². The highest BCUT2D eigenvalue weighted by atomic mass is 16.4. The SMILES string of the molecule is CCCC1(C(=O)O)CCCN(c2nc(C)cc(C)n2)C1. The van der Waals surface area contributed by atoms with Crippen LogP contribution in [0.4, 0.5) is 5.95 Å². The zero-order valence-corrected chi connectivity index (χ0v) is 12.5. The van der Waals surface area contributed by atoms with Gasteiger partial charge in [0.15, 0.2) is 0 Å². The molecular weight excluding hydrogens is 254 g/mol. The molecule has 2 rings (SSSR count). The number of nitrogens with zero attached hydrogens (tertiary/aromatic N) is 3. The van der Waals surface area contributed by atoms with Crippen molar-refractivity contribution in [1.82, 2.24) is 9.97 Å². The van der Waals surface area contributed by atoms with Crippen molar-refractivity contribution in [3.8, 4) is 0 Å². The van der Waals surface area contributed by atoms with Crippen molar-refractivity contribution < 1.29 is 9.90 Å². The van der Waals surface area contributed by atoms with Gasteiger partial charge in [-0.25, -0.2) is 9.97 Å². The van der Waals surface area contributed by atoms with Crippen LogP contribution < -0.4 is 4.90 Å². The summed E-state index contributed by atoms with van der Waals surface area (Å²) in [6.07, 6.45) is 3.22. The van der Waals surface area contributed by atoms with E-state index in [1.54, 1.807) is 0 Å². The number of anilines is 1. The summed E-state index contributed by atoms with van der Waals surface area (Å²) in [6, 6.07) is 1.93. The molecule has 1 atom stereocenters. The first-order valence-corrected chi connectivity index (χ1v) is 7.27. The van der Waals surface area contributed by atoms with Crippen LogP contribution in [0.25, 0.3) is 0 Å². The molecule has 1 aliphatic rings. The molecule has 20 heavy (non-hydrogen) atoms. The Balaban J connectivity index is 2.27. The molecule has 5 nitrogen and oxygen atoms in total. The van der Waals surface area contributed by atoms with Gasteiger partial charge in [-0.05, 0) is 39.2 Å².